The molecule has 4 aromatic rings. The normalized spacial score (nSPS) is 11.9. The third-order valence-corrected chi connectivity index (χ3v) is 16.8. The average Bonchev–Trinajstić information content (AvgIpc) is 0.826. The lowest BCUT2D eigenvalue weighted by atomic mass is 9.94. The summed E-state index contributed by atoms with van der Waals surface area (Å²) in [7, 11) is 0. The van der Waals surface area contributed by atoms with Crippen LogP contribution in [0.5, 0.6) is 46.0 Å². The Morgan fingerprint density at radius 2 is 0.490 bits per heavy atom. The van der Waals surface area contributed by atoms with Crippen LogP contribution in [0, 0.1) is 27.7 Å². The lowest BCUT2D eigenvalue weighted by molar-refractivity contribution is 0.436. The zero-order valence-electron chi connectivity index (χ0n) is 63.7. The summed E-state index contributed by atoms with van der Waals surface area (Å²) in [5, 5.41) is 80.9. The SMILES string of the molecule is CC(C)=CCC/C(C)=C/Cc1c(C)cc(O)c(C/C=C(\C)CCC=C(C)C)c1O.CC(C)=CCC/C(C)=C/Cc1c(C)cc(O)cc1O.CC(C)=CCC/C(C)=C/Cc1c(O)cc(C)cc1O.CC(C)=CCC/C(C)=C/Cc1c(O)cc(O)c(C/C=C(\C)CCC=C(C)C)c1C. The maximum Gasteiger partial charge on any atom is 0.126 e. The highest BCUT2D eigenvalue weighted by atomic mass is 16.3. The van der Waals surface area contributed by atoms with Crippen molar-refractivity contribution in [2.45, 2.75) is 268 Å². The summed E-state index contributed by atoms with van der Waals surface area (Å²) in [6.45, 7) is 45.8. The summed E-state index contributed by atoms with van der Waals surface area (Å²) >= 11 is 0. The molecule has 4 rings (SSSR count). The van der Waals surface area contributed by atoms with Crippen LogP contribution >= 0.6 is 0 Å². The van der Waals surface area contributed by atoms with Crippen LogP contribution in [0.25, 0.3) is 0 Å². The molecule has 8 N–H and O–H groups in total. The summed E-state index contributed by atoms with van der Waals surface area (Å²) < 4.78 is 0. The second-order valence-corrected chi connectivity index (χ2v) is 28.0. The third kappa shape index (κ3) is 36.9. The molecule has 0 spiro atoms. The highest BCUT2D eigenvalue weighted by molar-refractivity contribution is 5.55. The van der Waals surface area contributed by atoms with E-state index < -0.39 is 0 Å². The van der Waals surface area contributed by atoms with E-state index in [0.717, 1.165) is 122 Å². The molecule has 96 heavy (non-hydrogen) atoms. The van der Waals surface area contributed by atoms with Crippen LogP contribution in [0.4, 0.5) is 0 Å². The van der Waals surface area contributed by atoms with E-state index >= 15 is 0 Å². The van der Waals surface area contributed by atoms with E-state index in [-0.39, 0.29) is 46.0 Å². The molecular formula is C88H128O8. The van der Waals surface area contributed by atoms with Crippen LogP contribution in [-0.2, 0) is 38.5 Å². The van der Waals surface area contributed by atoms with Crippen molar-refractivity contribution in [3.63, 3.8) is 0 Å². The highest BCUT2D eigenvalue weighted by Crippen LogP contribution is 2.37. The number of phenolic OH excluding ortho intramolecular Hbond substituents is 8. The maximum absolute atomic E-state index is 10.8. The first kappa shape index (κ1) is 86.2. The van der Waals surface area contributed by atoms with E-state index in [4.69, 9.17) is 0 Å². The second-order valence-electron chi connectivity index (χ2n) is 28.0. The Hall–Kier alpha value is -7.84. The van der Waals surface area contributed by atoms with E-state index in [1.165, 1.54) is 79.0 Å². The largest absolute Gasteiger partial charge is 0.508 e. The van der Waals surface area contributed by atoms with Crippen molar-refractivity contribution in [3.05, 3.63) is 232 Å². The summed E-state index contributed by atoms with van der Waals surface area (Å²) in [5.74, 6) is 1.42. The predicted octanol–water partition coefficient (Wildman–Crippen LogP) is 25.0. The summed E-state index contributed by atoms with van der Waals surface area (Å²) in [5.41, 5.74) is 24.5. The Kier molecular flexibility index (Phi) is 41.6. The number of hydrogen-bond acceptors (Lipinski definition) is 8. The molecule has 0 fully saturated rings. The number of aromatic hydroxyl groups is 8. The molecule has 0 amide bonds. The van der Waals surface area contributed by atoms with Crippen LogP contribution in [0.2, 0.25) is 0 Å². The molecule has 0 aliphatic heterocycles. The van der Waals surface area contributed by atoms with Gasteiger partial charge in [0.25, 0.3) is 0 Å². The van der Waals surface area contributed by atoms with Crippen LogP contribution in [0.15, 0.2) is 176 Å². The van der Waals surface area contributed by atoms with Crippen molar-refractivity contribution in [3.8, 4) is 46.0 Å². The van der Waals surface area contributed by atoms with Gasteiger partial charge in [0.05, 0.1) is 0 Å². The van der Waals surface area contributed by atoms with Crippen LogP contribution in [0.1, 0.15) is 257 Å². The molecule has 8 nitrogen and oxygen atoms in total. The summed E-state index contributed by atoms with van der Waals surface area (Å²) in [4.78, 5) is 0. The fourth-order valence-electron chi connectivity index (χ4n) is 10.5. The molecule has 0 bridgehead atoms. The monoisotopic (exact) mass is 1310 g/mol. The Balaban J connectivity index is 0.000000652. The predicted molar refractivity (Wildman–Crippen MR) is 415 cm³/mol. The van der Waals surface area contributed by atoms with Gasteiger partial charge in [0.15, 0.2) is 0 Å². The van der Waals surface area contributed by atoms with Gasteiger partial charge in [0.2, 0.25) is 0 Å². The fourth-order valence-corrected chi connectivity index (χ4v) is 10.5. The number of benzene rings is 4. The van der Waals surface area contributed by atoms with Gasteiger partial charge in [-0.15, -0.1) is 0 Å². The Morgan fingerprint density at radius 1 is 0.250 bits per heavy atom. The summed E-state index contributed by atoms with van der Waals surface area (Å²) in [6, 6.07) is 9.72. The van der Waals surface area contributed by atoms with Gasteiger partial charge in [0.1, 0.15) is 46.0 Å². The summed E-state index contributed by atoms with van der Waals surface area (Å²) in [6.07, 6.45) is 42.7. The molecule has 0 saturated heterocycles. The first-order chi connectivity index (χ1) is 45.0. The van der Waals surface area contributed by atoms with Crippen molar-refractivity contribution in [1.82, 2.24) is 0 Å². The van der Waals surface area contributed by atoms with E-state index in [1.54, 1.807) is 24.3 Å². The van der Waals surface area contributed by atoms with Crippen molar-refractivity contribution >= 4 is 0 Å². The van der Waals surface area contributed by atoms with Crippen LogP contribution in [0.3, 0.4) is 0 Å². The van der Waals surface area contributed by atoms with Gasteiger partial charge < -0.3 is 40.9 Å². The molecule has 0 unspecified atom stereocenters. The first-order valence-corrected chi connectivity index (χ1v) is 34.9. The second kappa shape index (κ2) is 46.3. The number of aryl methyl sites for hydroxylation is 3. The number of rotatable bonds is 30. The number of allylic oxidation sites excluding steroid dienone is 24. The average molecular weight is 1310 g/mol. The van der Waals surface area contributed by atoms with E-state index in [9.17, 15) is 40.9 Å². The van der Waals surface area contributed by atoms with Crippen LogP contribution in [-0.4, -0.2) is 40.9 Å². The highest BCUT2D eigenvalue weighted by Gasteiger charge is 2.16. The van der Waals surface area contributed by atoms with Gasteiger partial charge in [-0.25, -0.2) is 0 Å². The van der Waals surface area contributed by atoms with Crippen molar-refractivity contribution < 1.29 is 40.9 Å². The lowest BCUT2D eigenvalue weighted by Gasteiger charge is -2.14. The van der Waals surface area contributed by atoms with E-state index in [2.05, 4.69) is 198 Å². The van der Waals surface area contributed by atoms with Crippen molar-refractivity contribution in [2.75, 3.05) is 0 Å². The van der Waals surface area contributed by atoms with Gasteiger partial charge >= 0.3 is 0 Å². The third-order valence-electron chi connectivity index (χ3n) is 16.8. The fraction of sp³-hybridized carbons (Fsp3) is 0.455. The molecule has 528 valence electrons. The maximum atomic E-state index is 10.8. The van der Waals surface area contributed by atoms with Gasteiger partial charge in [-0.2, -0.15) is 0 Å². The van der Waals surface area contributed by atoms with Crippen molar-refractivity contribution in [1.29, 1.82) is 0 Å². The minimum absolute atomic E-state index is 0.114. The molecule has 8 heteroatoms. The number of hydrogen-bond donors (Lipinski definition) is 8. The van der Waals surface area contributed by atoms with E-state index in [0.29, 0.717) is 49.7 Å². The Morgan fingerprint density at radius 3 is 0.792 bits per heavy atom. The smallest absolute Gasteiger partial charge is 0.126 e. The van der Waals surface area contributed by atoms with Gasteiger partial charge in [-0.3, -0.25) is 0 Å². The van der Waals surface area contributed by atoms with Crippen LogP contribution < -0.4 is 0 Å². The minimum Gasteiger partial charge on any atom is -0.508 e. The Bertz CT molecular complexity index is 3080. The molecule has 0 aliphatic carbocycles. The van der Waals surface area contributed by atoms with Crippen molar-refractivity contribution in [2.24, 2.45) is 0 Å². The standard InChI is InChI=1S/2C27H40O2.2C17H24O2/c1-19(2)10-8-12-21(5)14-16-24-23(7)25(27(29)18-26(24)28)17-15-22(6)13-9-11-20(3)4;1-19(2)10-8-12-21(5)14-16-24-23(7)18-26(28)25(27(24)29)17-15-22(6)13-9-11-20(3)4;1-12(2)6-5-7-13(3)8-9-16-14(4)10-15(18)11-17(16)19;1-12(2)6-5-7-13(3)8-9-15-16(18)10-14(4)11-17(15)19/h2*10-11,14-15,18,28-29H,8-9,12-13,16-17H2,1-7H3;2*6,8,10-11,18-19H,5,7,9H2,1-4H3/b2*21-14+,22-15+;2*13-8+. The molecule has 0 aliphatic rings. The van der Waals surface area contributed by atoms with Gasteiger partial charge in [-0.05, 0) is 314 Å². The quantitative estimate of drug-likeness (QED) is 0.0239. The lowest BCUT2D eigenvalue weighted by Crippen LogP contribution is -1.97. The molecule has 0 aromatic heterocycles. The topological polar surface area (TPSA) is 162 Å². The molecule has 4 aromatic carbocycles. The molecule has 0 radical (unpaired) electrons. The molecule has 0 atom stereocenters. The van der Waals surface area contributed by atoms with E-state index in [1.807, 2.05) is 27.7 Å². The first-order valence-electron chi connectivity index (χ1n) is 34.9. The molecule has 0 saturated carbocycles. The minimum atomic E-state index is 0.114. The van der Waals surface area contributed by atoms with Gasteiger partial charge in [-0.1, -0.05) is 140 Å². The van der Waals surface area contributed by atoms with Gasteiger partial charge in [0, 0.05) is 45.5 Å². The zero-order valence-corrected chi connectivity index (χ0v) is 63.7. The molecule has 0 heterocycles. The zero-order chi connectivity index (χ0) is 72.8. The Labute approximate surface area is 583 Å². The number of phenols is 8. The molecular weight excluding hydrogens is 1180 g/mol.